The van der Waals surface area contributed by atoms with Crippen molar-refractivity contribution in [1.82, 2.24) is 15.5 Å². The van der Waals surface area contributed by atoms with Crippen LogP contribution in [0.25, 0.3) is 0 Å². The second kappa shape index (κ2) is 14.5. The molecule has 0 spiro atoms. The van der Waals surface area contributed by atoms with Gasteiger partial charge in [0.05, 0.1) is 6.04 Å². The van der Waals surface area contributed by atoms with Crippen LogP contribution >= 0.6 is 0 Å². The molecule has 0 aromatic rings. The topological polar surface area (TPSA) is 205 Å². The SMILES string of the molecule is CCC(C)C(NC(=O)C1CCCN1C(=O)C(N)CCCCN)C(=O)NC(CCC(=O)O)C(=O)O. The summed E-state index contributed by atoms with van der Waals surface area (Å²) in [6, 6.07) is -3.95. The first-order valence-electron chi connectivity index (χ1n) is 11.8. The van der Waals surface area contributed by atoms with E-state index in [1.807, 2.05) is 6.92 Å². The minimum absolute atomic E-state index is 0.287. The summed E-state index contributed by atoms with van der Waals surface area (Å²) >= 11 is 0. The number of carboxylic acid groups (broad SMARTS) is 2. The minimum Gasteiger partial charge on any atom is -0.481 e. The Balaban J connectivity index is 2.89. The Bertz CT molecular complexity index is 732. The van der Waals surface area contributed by atoms with Gasteiger partial charge in [-0.25, -0.2) is 4.79 Å². The Kier molecular flexibility index (Phi) is 12.5. The van der Waals surface area contributed by atoms with Crippen LogP contribution in [0.15, 0.2) is 0 Å². The molecule has 34 heavy (non-hydrogen) atoms. The standard InChI is InChI=1S/C22H39N5O7/c1-3-13(2)18(20(31)25-15(22(33)34)9-10-17(28)29)26-19(30)16-8-6-12-27(16)21(32)14(24)7-4-5-11-23/h13-16,18H,3-12,23-24H2,1-2H3,(H,25,31)(H,26,30)(H,28,29)(H,33,34). The molecule has 5 unspecified atom stereocenters. The lowest BCUT2D eigenvalue weighted by Gasteiger charge is -2.30. The van der Waals surface area contributed by atoms with Crippen LogP contribution in [-0.2, 0) is 24.0 Å². The number of hydrogen-bond acceptors (Lipinski definition) is 7. The van der Waals surface area contributed by atoms with Crippen molar-refractivity contribution in [2.45, 2.75) is 89.4 Å². The second-order valence-corrected chi connectivity index (χ2v) is 8.78. The maximum atomic E-state index is 13.1. The van der Waals surface area contributed by atoms with Crippen molar-refractivity contribution in [2.24, 2.45) is 17.4 Å². The summed E-state index contributed by atoms with van der Waals surface area (Å²) in [5.74, 6) is -4.41. The van der Waals surface area contributed by atoms with Gasteiger partial charge in [-0.15, -0.1) is 0 Å². The number of unbranched alkanes of at least 4 members (excludes halogenated alkanes) is 1. The predicted octanol–water partition coefficient (Wildman–Crippen LogP) is -0.601. The van der Waals surface area contributed by atoms with Gasteiger partial charge in [0.2, 0.25) is 17.7 Å². The van der Waals surface area contributed by atoms with Crippen molar-refractivity contribution in [3.8, 4) is 0 Å². The van der Waals surface area contributed by atoms with Gasteiger partial charge in [-0.05, 0) is 44.6 Å². The first-order chi connectivity index (χ1) is 16.0. The summed E-state index contributed by atoms with van der Waals surface area (Å²) in [5, 5.41) is 23.2. The van der Waals surface area contributed by atoms with Gasteiger partial charge in [0.25, 0.3) is 0 Å². The molecule has 0 radical (unpaired) electrons. The number of aliphatic carboxylic acids is 2. The fraction of sp³-hybridized carbons (Fsp3) is 0.773. The van der Waals surface area contributed by atoms with E-state index >= 15 is 0 Å². The lowest BCUT2D eigenvalue weighted by molar-refractivity contribution is -0.144. The van der Waals surface area contributed by atoms with E-state index in [0.29, 0.717) is 45.2 Å². The number of likely N-dealkylation sites (tertiary alicyclic amines) is 1. The number of carbonyl (C=O) groups excluding carboxylic acids is 3. The molecule has 0 aliphatic carbocycles. The summed E-state index contributed by atoms with van der Waals surface area (Å²) in [4.78, 5) is 62.5. The normalized spacial score (nSPS) is 19.1. The highest BCUT2D eigenvalue weighted by Crippen LogP contribution is 2.20. The minimum atomic E-state index is -1.40. The van der Waals surface area contributed by atoms with Crippen molar-refractivity contribution in [3.05, 3.63) is 0 Å². The zero-order valence-electron chi connectivity index (χ0n) is 20.0. The fourth-order valence-electron chi connectivity index (χ4n) is 3.89. The summed E-state index contributed by atoms with van der Waals surface area (Å²) in [6.45, 7) is 4.45. The van der Waals surface area contributed by atoms with Crippen molar-refractivity contribution in [3.63, 3.8) is 0 Å². The van der Waals surface area contributed by atoms with Gasteiger partial charge in [0.1, 0.15) is 18.1 Å². The predicted molar refractivity (Wildman–Crippen MR) is 123 cm³/mol. The first kappa shape index (κ1) is 29.3. The van der Waals surface area contributed by atoms with Crippen LogP contribution in [-0.4, -0.2) is 82.0 Å². The van der Waals surface area contributed by atoms with Crippen LogP contribution in [0.3, 0.4) is 0 Å². The Hall–Kier alpha value is -2.73. The van der Waals surface area contributed by atoms with Gasteiger partial charge in [0.15, 0.2) is 0 Å². The largest absolute Gasteiger partial charge is 0.481 e. The van der Waals surface area contributed by atoms with E-state index in [9.17, 15) is 29.1 Å². The van der Waals surface area contributed by atoms with E-state index in [0.717, 1.165) is 6.42 Å². The molecule has 0 saturated carbocycles. The molecule has 12 heteroatoms. The molecular weight excluding hydrogens is 446 g/mol. The van der Waals surface area contributed by atoms with E-state index in [4.69, 9.17) is 16.6 Å². The molecule has 3 amide bonds. The summed E-state index contributed by atoms with van der Waals surface area (Å²) in [6.07, 6.45) is 2.77. The van der Waals surface area contributed by atoms with Crippen LogP contribution in [0.5, 0.6) is 0 Å². The third kappa shape index (κ3) is 8.90. The molecule has 1 aliphatic rings. The number of amides is 3. The smallest absolute Gasteiger partial charge is 0.326 e. The van der Waals surface area contributed by atoms with Crippen LogP contribution in [0.1, 0.15) is 65.2 Å². The van der Waals surface area contributed by atoms with E-state index in [1.165, 1.54) is 4.90 Å². The number of nitrogens with two attached hydrogens (primary N) is 2. The number of nitrogens with zero attached hydrogens (tertiary/aromatic N) is 1. The van der Waals surface area contributed by atoms with E-state index in [1.54, 1.807) is 6.92 Å². The Morgan fingerprint density at radius 2 is 1.76 bits per heavy atom. The number of rotatable bonds is 15. The van der Waals surface area contributed by atoms with Crippen LogP contribution in [0, 0.1) is 5.92 Å². The van der Waals surface area contributed by atoms with Gasteiger partial charge in [-0.3, -0.25) is 19.2 Å². The number of carbonyl (C=O) groups is 5. The summed E-state index contributed by atoms with van der Waals surface area (Å²) in [5.41, 5.74) is 11.5. The maximum absolute atomic E-state index is 13.1. The number of nitrogens with one attached hydrogen (secondary N) is 2. The number of carboxylic acids is 2. The lowest BCUT2D eigenvalue weighted by atomic mass is 9.97. The van der Waals surface area contributed by atoms with E-state index < -0.39 is 54.3 Å². The molecule has 1 aliphatic heterocycles. The fourth-order valence-corrected chi connectivity index (χ4v) is 3.89. The third-order valence-electron chi connectivity index (χ3n) is 6.18. The Morgan fingerprint density at radius 1 is 1.09 bits per heavy atom. The van der Waals surface area contributed by atoms with Gasteiger partial charge in [0, 0.05) is 13.0 Å². The number of hydrogen-bond donors (Lipinski definition) is 6. The highest BCUT2D eigenvalue weighted by Gasteiger charge is 2.38. The van der Waals surface area contributed by atoms with Crippen molar-refractivity contribution >= 4 is 29.7 Å². The monoisotopic (exact) mass is 485 g/mol. The van der Waals surface area contributed by atoms with E-state index in [2.05, 4.69) is 10.6 Å². The zero-order valence-corrected chi connectivity index (χ0v) is 20.0. The van der Waals surface area contributed by atoms with Gasteiger partial charge >= 0.3 is 11.9 Å². The molecule has 8 N–H and O–H groups in total. The Morgan fingerprint density at radius 3 is 2.32 bits per heavy atom. The summed E-state index contributed by atoms with van der Waals surface area (Å²) < 4.78 is 0. The molecule has 0 aromatic carbocycles. The third-order valence-corrected chi connectivity index (χ3v) is 6.18. The van der Waals surface area contributed by atoms with Crippen LogP contribution in [0.4, 0.5) is 0 Å². The first-order valence-corrected chi connectivity index (χ1v) is 11.8. The molecule has 5 atom stereocenters. The zero-order chi connectivity index (χ0) is 25.8. The van der Waals surface area contributed by atoms with Gasteiger partial charge in [-0.1, -0.05) is 26.7 Å². The molecule has 1 rings (SSSR count). The van der Waals surface area contributed by atoms with E-state index in [-0.39, 0.29) is 18.2 Å². The maximum Gasteiger partial charge on any atom is 0.326 e. The molecule has 1 heterocycles. The highest BCUT2D eigenvalue weighted by molar-refractivity contribution is 5.94. The van der Waals surface area contributed by atoms with Crippen molar-refractivity contribution in [2.75, 3.05) is 13.1 Å². The molecule has 0 bridgehead atoms. The van der Waals surface area contributed by atoms with Gasteiger partial charge in [-0.2, -0.15) is 0 Å². The van der Waals surface area contributed by atoms with Crippen molar-refractivity contribution < 1.29 is 34.2 Å². The van der Waals surface area contributed by atoms with Gasteiger partial charge < -0.3 is 37.2 Å². The van der Waals surface area contributed by atoms with Crippen LogP contribution < -0.4 is 22.1 Å². The average Bonchev–Trinajstić information content (AvgIpc) is 3.28. The average molecular weight is 486 g/mol. The highest BCUT2D eigenvalue weighted by atomic mass is 16.4. The molecule has 194 valence electrons. The van der Waals surface area contributed by atoms with Crippen molar-refractivity contribution in [1.29, 1.82) is 0 Å². The summed E-state index contributed by atoms with van der Waals surface area (Å²) in [7, 11) is 0. The molecule has 12 nitrogen and oxygen atoms in total. The quantitative estimate of drug-likeness (QED) is 0.163. The molecule has 1 saturated heterocycles. The molecular formula is C22H39N5O7. The molecule has 1 fully saturated rings. The second-order valence-electron chi connectivity index (χ2n) is 8.78. The Labute approximate surface area is 199 Å². The lowest BCUT2D eigenvalue weighted by Crippen LogP contribution is -2.58. The van der Waals surface area contributed by atoms with Crippen LogP contribution in [0.2, 0.25) is 0 Å². The molecule has 0 aromatic heterocycles.